The molecule has 2 aromatic rings. The maximum absolute atomic E-state index is 11.7. The summed E-state index contributed by atoms with van der Waals surface area (Å²) in [5.41, 5.74) is 2.53. The summed E-state index contributed by atoms with van der Waals surface area (Å²) in [7, 11) is 0. The van der Waals surface area contributed by atoms with E-state index in [1.807, 2.05) is 22.6 Å². The molecular weight excluding hydrogens is 337 g/mol. The molecular formula is C10H10IN3OS. The molecule has 0 unspecified atom stereocenters. The van der Waals surface area contributed by atoms with Gasteiger partial charge in [0, 0.05) is 6.20 Å². The SMILES string of the molecule is CCCc1nc(-c2cncs2)[nH]c(=O)c1I. The Morgan fingerprint density at radius 2 is 2.38 bits per heavy atom. The van der Waals surface area contributed by atoms with Crippen LogP contribution in [0.2, 0.25) is 0 Å². The van der Waals surface area contributed by atoms with Gasteiger partial charge in [-0.15, -0.1) is 11.3 Å². The molecule has 16 heavy (non-hydrogen) atoms. The minimum absolute atomic E-state index is 0.0672. The van der Waals surface area contributed by atoms with E-state index >= 15 is 0 Å². The van der Waals surface area contributed by atoms with Crippen molar-refractivity contribution >= 4 is 33.9 Å². The van der Waals surface area contributed by atoms with Crippen molar-refractivity contribution in [1.82, 2.24) is 15.0 Å². The van der Waals surface area contributed by atoms with Crippen LogP contribution >= 0.6 is 33.9 Å². The topological polar surface area (TPSA) is 58.6 Å². The number of rotatable bonds is 3. The van der Waals surface area contributed by atoms with Crippen molar-refractivity contribution < 1.29 is 0 Å². The van der Waals surface area contributed by atoms with Gasteiger partial charge in [0.1, 0.15) is 0 Å². The van der Waals surface area contributed by atoms with E-state index in [0.717, 1.165) is 23.4 Å². The summed E-state index contributed by atoms with van der Waals surface area (Å²) in [5.74, 6) is 0.622. The molecule has 0 amide bonds. The molecule has 0 fully saturated rings. The van der Waals surface area contributed by atoms with Crippen LogP contribution in [-0.2, 0) is 6.42 Å². The molecule has 84 valence electrons. The van der Waals surface area contributed by atoms with Gasteiger partial charge in [0.2, 0.25) is 0 Å². The van der Waals surface area contributed by atoms with E-state index in [1.54, 1.807) is 11.7 Å². The average Bonchev–Trinajstić information content (AvgIpc) is 2.78. The lowest BCUT2D eigenvalue weighted by atomic mass is 10.2. The highest BCUT2D eigenvalue weighted by Crippen LogP contribution is 2.19. The molecule has 2 rings (SSSR count). The van der Waals surface area contributed by atoms with Crippen molar-refractivity contribution in [2.75, 3.05) is 0 Å². The molecule has 6 heteroatoms. The largest absolute Gasteiger partial charge is 0.305 e. The summed E-state index contributed by atoms with van der Waals surface area (Å²) in [6.45, 7) is 2.07. The van der Waals surface area contributed by atoms with Gasteiger partial charge in [-0.05, 0) is 29.0 Å². The fourth-order valence-electron chi connectivity index (χ4n) is 1.36. The van der Waals surface area contributed by atoms with Gasteiger partial charge in [0.25, 0.3) is 5.56 Å². The van der Waals surface area contributed by atoms with Crippen LogP contribution in [0.4, 0.5) is 0 Å². The van der Waals surface area contributed by atoms with Gasteiger partial charge < -0.3 is 4.98 Å². The molecule has 2 aromatic heterocycles. The van der Waals surface area contributed by atoms with Gasteiger partial charge in [-0.3, -0.25) is 9.78 Å². The molecule has 0 spiro atoms. The Balaban J connectivity index is 2.53. The zero-order valence-electron chi connectivity index (χ0n) is 8.66. The molecule has 0 radical (unpaired) electrons. The van der Waals surface area contributed by atoms with Crippen molar-refractivity contribution in [1.29, 1.82) is 0 Å². The van der Waals surface area contributed by atoms with Gasteiger partial charge >= 0.3 is 0 Å². The van der Waals surface area contributed by atoms with E-state index < -0.39 is 0 Å². The van der Waals surface area contributed by atoms with Gasteiger partial charge in [-0.2, -0.15) is 0 Å². The minimum Gasteiger partial charge on any atom is -0.305 e. The van der Waals surface area contributed by atoms with Crippen molar-refractivity contribution in [2.45, 2.75) is 19.8 Å². The zero-order chi connectivity index (χ0) is 11.5. The maximum atomic E-state index is 11.7. The number of nitrogens with zero attached hydrogens (tertiary/aromatic N) is 2. The van der Waals surface area contributed by atoms with Crippen molar-refractivity contribution in [3.63, 3.8) is 0 Å². The maximum Gasteiger partial charge on any atom is 0.264 e. The van der Waals surface area contributed by atoms with E-state index in [9.17, 15) is 4.79 Å². The van der Waals surface area contributed by atoms with Gasteiger partial charge in [-0.25, -0.2) is 4.98 Å². The first-order chi connectivity index (χ1) is 7.72. The second-order valence-corrected chi connectivity index (χ2v) is 5.26. The first kappa shape index (κ1) is 11.7. The quantitative estimate of drug-likeness (QED) is 0.868. The Labute approximate surface area is 110 Å². The third-order valence-corrected chi connectivity index (χ3v) is 3.98. The second-order valence-electron chi connectivity index (χ2n) is 3.29. The summed E-state index contributed by atoms with van der Waals surface area (Å²) in [4.78, 5) is 23.8. The molecule has 1 N–H and O–H groups in total. The van der Waals surface area contributed by atoms with Crippen LogP contribution in [0.1, 0.15) is 19.0 Å². The molecule has 0 aliphatic carbocycles. The first-order valence-electron chi connectivity index (χ1n) is 4.90. The number of aryl methyl sites for hydroxylation is 1. The molecule has 4 nitrogen and oxygen atoms in total. The number of aromatic amines is 1. The first-order valence-corrected chi connectivity index (χ1v) is 6.85. The molecule has 0 aliphatic rings. The molecule has 2 heterocycles. The Morgan fingerprint density at radius 3 is 3.00 bits per heavy atom. The number of thiazole rings is 1. The highest BCUT2D eigenvalue weighted by molar-refractivity contribution is 14.1. The van der Waals surface area contributed by atoms with E-state index in [2.05, 4.69) is 21.9 Å². The zero-order valence-corrected chi connectivity index (χ0v) is 11.6. The van der Waals surface area contributed by atoms with Gasteiger partial charge in [0.05, 0.1) is 19.7 Å². The normalized spacial score (nSPS) is 10.6. The van der Waals surface area contributed by atoms with Crippen LogP contribution in [0.25, 0.3) is 10.7 Å². The standard InChI is InChI=1S/C10H10IN3OS/c1-2-3-6-8(11)10(15)14-9(13-6)7-4-12-5-16-7/h4-5H,2-3H2,1H3,(H,13,14,15). The van der Waals surface area contributed by atoms with Crippen LogP contribution in [-0.4, -0.2) is 15.0 Å². The number of H-pyrrole nitrogens is 1. The lowest BCUT2D eigenvalue weighted by molar-refractivity contribution is 0.861. The van der Waals surface area contributed by atoms with E-state index in [1.165, 1.54) is 11.3 Å². The molecule has 0 saturated carbocycles. The predicted molar refractivity (Wildman–Crippen MR) is 72.7 cm³/mol. The highest BCUT2D eigenvalue weighted by Gasteiger charge is 2.10. The van der Waals surface area contributed by atoms with E-state index in [-0.39, 0.29) is 5.56 Å². The summed E-state index contributed by atoms with van der Waals surface area (Å²) in [5, 5.41) is 0. The summed E-state index contributed by atoms with van der Waals surface area (Å²) in [6.07, 6.45) is 3.52. The lowest BCUT2D eigenvalue weighted by Gasteiger charge is -2.03. The highest BCUT2D eigenvalue weighted by atomic mass is 127. The number of nitrogens with one attached hydrogen (secondary N) is 1. The van der Waals surface area contributed by atoms with Crippen molar-refractivity contribution in [3.05, 3.63) is 31.3 Å². The molecule has 0 aromatic carbocycles. The van der Waals surface area contributed by atoms with Gasteiger partial charge in [0.15, 0.2) is 5.82 Å². The monoisotopic (exact) mass is 347 g/mol. The third kappa shape index (κ3) is 2.32. The van der Waals surface area contributed by atoms with Gasteiger partial charge in [-0.1, -0.05) is 13.3 Å². The number of hydrogen-bond acceptors (Lipinski definition) is 4. The molecule has 0 atom stereocenters. The van der Waals surface area contributed by atoms with Crippen LogP contribution in [0.15, 0.2) is 16.5 Å². The fourth-order valence-corrected chi connectivity index (χ4v) is 2.45. The second kappa shape index (κ2) is 5.05. The Kier molecular flexibility index (Phi) is 3.70. The smallest absolute Gasteiger partial charge is 0.264 e. The molecule has 0 saturated heterocycles. The van der Waals surface area contributed by atoms with Crippen LogP contribution in [0.3, 0.4) is 0 Å². The van der Waals surface area contributed by atoms with Crippen molar-refractivity contribution in [2.24, 2.45) is 0 Å². The molecule has 0 bridgehead atoms. The minimum atomic E-state index is -0.0672. The number of aromatic nitrogens is 3. The van der Waals surface area contributed by atoms with E-state index in [0.29, 0.717) is 9.39 Å². The summed E-state index contributed by atoms with van der Waals surface area (Å²) >= 11 is 3.52. The van der Waals surface area contributed by atoms with E-state index in [4.69, 9.17) is 0 Å². The fraction of sp³-hybridized carbons (Fsp3) is 0.300. The number of hydrogen-bond donors (Lipinski definition) is 1. The summed E-state index contributed by atoms with van der Waals surface area (Å²) < 4.78 is 0.688. The Bertz CT molecular complexity index is 535. The van der Waals surface area contributed by atoms with Crippen LogP contribution in [0, 0.1) is 3.57 Å². The van der Waals surface area contributed by atoms with Crippen molar-refractivity contribution in [3.8, 4) is 10.7 Å². The summed E-state index contributed by atoms with van der Waals surface area (Å²) in [6, 6.07) is 0. The van der Waals surface area contributed by atoms with Crippen LogP contribution < -0.4 is 5.56 Å². The predicted octanol–water partition coefficient (Wildman–Crippen LogP) is 2.45. The molecule has 0 aliphatic heterocycles. The lowest BCUT2D eigenvalue weighted by Crippen LogP contribution is -2.16. The van der Waals surface area contributed by atoms with Crippen LogP contribution in [0.5, 0.6) is 0 Å². The number of halogens is 1. The Hall–Kier alpha value is -0.760. The Morgan fingerprint density at radius 1 is 1.56 bits per heavy atom. The average molecular weight is 347 g/mol. The third-order valence-electron chi connectivity index (χ3n) is 2.08.